The molecule has 0 fully saturated rings. The minimum Gasteiger partial charge on any atom is -0.481 e. The number of hydrogen-bond acceptors (Lipinski definition) is 2. The van der Waals surface area contributed by atoms with Gasteiger partial charge in [-0.15, -0.1) is 0 Å². The van der Waals surface area contributed by atoms with Crippen LogP contribution in [-0.2, 0) is 11.2 Å². The summed E-state index contributed by atoms with van der Waals surface area (Å²) in [6, 6.07) is 4.63. The molecular weight excluding hydrogens is 249 g/mol. The minimum atomic E-state index is -4.46. The highest BCUT2D eigenvalue weighted by Crippen LogP contribution is 2.29. The van der Waals surface area contributed by atoms with E-state index in [1.165, 1.54) is 12.1 Å². The molecule has 0 spiro atoms. The van der Waals surface area contributed by atoms with E-state index in [9.17, 15) is 18.0 Å². The lowest BCUT2D eigenvalue weighted by Gasteiger charge is -2.01. The highest BCUT2D eigenvalue weighted by molar-refractivity contribution is 5.88. The molecule has 0 atom stereocenters. The molecule has 96 valence electrons. The highest BCUT2D eigenvalue weighted by Gasteiger charge is 2.44. The van der Waals surface area contributed by atoms with Crippen molar-refractivity contribution in [2.24, 2.45) is 4.99 Å². The molecule has 4 nitrogen and oxygen atoms in total. The Morgan fingerprint density at radius 1 is 1.39 bits per heavy atom. The van der Waals surface area contributed by atoms with Gasteiger partial charge in [0.05, 0.1) is 0 Å². The lowest BCUT2D eigenvalue weighted by atomic mass is 10.1. The van der Waals surface area contributed by atoms with Crippen LogP contribution in [0.5, 0.6) is 0 Å². The molecule has 18 heavy (non-hydrogen) atoms. The molecule has 0 aliphatic carbocycles. The molecule has 1 aromatic rings. The second-order valence-electron chi connectivity index (χ2n) is 3.93. The van der Waals surface area contributed by atoms with Crippen molar-refractivity contribution in [2.45, 2.75) is 19.0 Å². The molecule has 0 bridgehead atoms. The summed E-state index contributed by atoms with van der Waals surface area (Å²) < 4.78 is 37.3. The van der Waals surface area contributed by atoms with Crippen LogP contribution in [0.4, 0.5) is 24.5 Å². The smallest absolute Gasteiger partial charge is 0.481 e. The maximum Gasteiger partial charge on any atom is 0.487 e. The standard InChI is InChI=1S/C11H9F3N2O2/c12-11(13,14)10-15-7-3-1-6(2-4-9(17)18)5-8(7)16-10/h1,3,5H,2,4H2,(H,15,16)(H,17,18)/p+1. The Labute approximate surface area is 100 Å². The molecule has 0 amide bonds. The van der Waals surface area contributed by atoms with E-state index < -0.39 is 18.0 Å². The number of alkyl halides is 3. The number of carboxylic acid groups (broad SMARTS) is 1. The molecule has 0 aromatic heterocycles. The van der Waals surface area contributed by atoms with E-state index in [1.54, 1.807) is 6.07 Å². The van der Waals surface area contributed by atoms with Gasteiger partial charge in [-0.3, -0.25) is 10.1 Å². The van der Waals surface area contributed by atoms with Crippen molar-refractivity contribution in [3.63, 3.8) is 0 Å². The number of benzene rings is 1. The molecular formula is C11H10F3N2O2+. The number of halogens is 3. The fraction of sp³-hybridized carbons (Fsp3) is 0.273. The lowest BCUT2D eigenvalue weighted by Crippen LogP contribution is -2.84. The van der Waals surface area contributed by atoms with Crippen LogP contribution in [0.3, 0.4) is 0 Å². The van der Waals surface area contributed by atoms with Crippen molar-refractivity contribution in [1.82, 2.24) is 0 Å². The van der Waals surface area contributed by atoms with E-state index >= 15 is 0 Å². The molecule has 1 aliphatic rings. The number of amidine groups is 1. The summed E-state index contributed by atoms with van der Waals surface area (Å²) in [7, 11) is 0. The summed E-state index contributed by atoms with van der Waals surface area (Å²) >= 11 is 0. The first kappa shape index (κ1) is 12.6. The Kier molecular flexibility index (Phi) is 3.08. The molecule has 0 saturated carbocycles. The van der Waals surface area contributed by atoms with Gasteiger partial charge in [0, 0.05) is 12.5 Å². The van der Waals surface area contributed by atoms with Crippen molar-refractivity contribution in [3.05, 3.63) is 23.8 Å². The summed E-state index contributed by atoms with van der Waals surface area (Å²) in [6.07, 6.45) is -4.24. The van der Waals surface area contributed by atoms with Gasteiger partial charge < -0.3 is 5.11 Å². The van der Waals surface area contributed by atoms with Crippen LogP contribution in [-0.4, -0.2) is 23.1 Å². The third-order valence-electron chi connectivity index (χ3n) is 2.55. The van der Waals surface area contributed by atoms with Gasteiger partial charge in [0.15, 0.2) is 5.69 Å². The van der Waals surface area contributed by atoms with E-state index in [4.69, 9.17) is 5.11 Å². The van der Waals surface area contributed by atoms with Gasteiger partial charge in [-0.25, -0.2) is 0 Å². The van der Waals surface area contributed by atoms with Crippen molar-refractivity contribution < 1.29 is 28.4 Å². The molecule has 1 aromatic carbocycles. The van der Waals surface area contributed by atoms with Crippen molar-refractivity contribution in [1.29, 1.82) is 0 Å². The van der Waals surface area contributed by atoms with Gasteiger partial charge >= 0.3 is 18.0 Å². The zero-order chi connectivity index (χ0) is 13.3. The van der Waals surface area contributed by atoms with Crippen molar-refractivity contribution in [3.8, 4) is 0 Å². The number of fused-ring (bicyclic) bond motifs is 1. The minimum absolute atomic E-state index is 0.0572. The van der Waals surface area contributed by atoms with Crippen LogP contribution in [0.1, 0.15) is 12.0 Å². The summed E-state index contributed by atoms with van der Waals surface area (Å²) in [5, 5.41) is 9.52. The molecule has 0 unspecified atom stereocenters. The number of aliphatic imine (C=N–C) groups is 1. The summed E-state index contributed by atoms with van der Waals surface area (Å²) in [5.74, 6) is -1.87. The Morgan fingerprint density at radius 2 is 2.11 bits per heavy atom. The molecule has 2 rings (SSSR count). The van der Waals surface area contributed by atoms with E-state index in [1.807, 2.05) is 0 Å². The quantitative estimate of drug-likeness (QED) is 0.808. The number of carbonyl (C=O) groups is 1. The Bertz CT molecular complexity index is 524. The highest BCUT2D eigenvalue weighted by atomic mass is 19.4. The fourth-order valence-corrected chi connectivity index (χ4v) is 1.67. The first-order chi connectivity index (χ1) is 8.36. The second-order valence-corrected chi connectivity index (χ2v) is 3.93. The number of aliphatic carboxylic acids is 1. The number of carboxylic acids is 1. The predicted octanol–water partition coefficient (Wildman–Crippen LogP) is 1.50. The topological polar surface area (TPSA) is 66.3 Å². The van der Waals surface area contributed by atoms with Gasteiger partial charge in [0.1, 0.15) is 5.69 Å². The number of quaternary nitrogens is 1. The van der Waals surface area contributed by atoms with E-state index in [-0.39, 0.29) is 18.5 Å². The Hall–Kier alpha value is -1.89. The molecule has 0 saturated heterocycles. The maximum atomic E-state index is 12.4. The second kappa shape index (κ2) is 4.41. The molecule has 1 heterocycles. The van der Waals surface area contributed by atoms with E-state index in [2.05, 4.69) is 4.99 Å². The average Bonchev–Trinajstić information content (AvgIpc) is 2.68. The van der Waals surface area contributed by atoms with E-state index in [0.29, 0.717) is 11.3 Å². The summed E-state index contributed by atoms with van der Waals surface area (Å²) in [6.45, 7) is 0. The number of aryl methyl sites for hydroxylation is 1. The number of hydrogen-bond donors (Lipinski definition) is 2. The number of nitrogens with two attached hydrogens (primary N) is 1. The van der Waals surface area contributed by atoms with Crippen LogP contribution in [0.25, 0.3) is 0 Å². The average molecular weight is 259 g/mol. The third kappa shape index (κ3) is 2.67. The van der Waals surface area contributed by atoms with Gasteiger partial charge in [-0.1, -0.05) is 6.07 Å². The maximum absolute atomic E-state index is 12.4. The normalized spacial score (nSPS) is 14.3. The first-order valence-corrected chi connectivity index (χ1v) is 5.21. The van der Waals surface area contributed by atoms with Gasteiger partial charge in [-0.2, -0.15) is 18.2 Å². The monoisotopic (exact) mass is 259 g/mol. The molecule has 7 heteroatoms. The number of rotatable bonds is 3. The van der Waals surface area contributed by atoms with Gasteiger partial charge in [0.25, 0.3) is 0 Å². The van der Waals surface area contributed by atoms with Crippen LogP contribution in [0.2, 0.25) is 0 Å². The fourth-order valence-electron chi connectivity index (χ4n) is 1.67. The molecule has 3 N–H and O–H groups in total. The largest absolute Gasteiger partial charge is 0.487 e. The van der Waals surface area contributed by atoms with Crippen LogP contribution in [0.15, 0.2) is 23.2 Å². The van der Waals surface area contributed by atoms with Gasteiger partial charge in [-0.05, 0) is 18.1 Å². The zero-order valence-corrected chi connectivity index (χ0v) is 9.16. The van der Waals surface area contributed by atoms with Crippen LogP contribution < -0.4 is 5.32 Å². The van der Waals surface area contributed by atoms with E-state index in [0.717, 1.165) is 5.32 Å². The predicted molar refractivity (Wildman–Crippen MR) is 57.1 cm³/mol. The summed E-state index contributed by atoms with van der Waals surface area (Å²) in [5.41, 5.74) is 1.31. The number of nitrogens with zero attached hydrogens (tertiary/aromatic N) is 1. The molecule has 1 aliphatic heterocycles. The third-order valence-corrected chi connectivity index (χ3v) is 2.55. The summed E-state index contributed by atoms with van der Waals surface area (Å²) in [4.78, 5) is 13.9. The van der Waals surface area contributed by atoms with Crippen LogP contribution in [0, 0.1) is 0 Å². The first-order valence-electron chi connectivity index (χ1n) is 5.21. The van der Waals surface area contributed by atoms with Crippen molar-refractivity contribution in [2.75, 3.05) is 0 Å². The lowest BCUT2D eigenvalue weighted by molar-refractivity contribution is -0.457. The SMILES string of the molecule is O=C(O)CCc1ccc2c(c1)N=C(C(F)(F)F)[NH2+]2. The van der Waals surface area contributed by atoms with Crippen LogP contribution >= 0.6 is 0 Å². The zero-order valence-electron chi connectivity index (χ0n) is 9.16. The Morgan fingerprint density at radius 3 is 2.72 bits per heavy atom. The Balaban J connectivity index is 2.19. The van der Waals surface area contributed by atoms with Crippen molar-refractivity contribution >= 4 is 23.2 Å². The van der Waals surface area contributed by atoms with Gasteiger partial charge in [0.2, 0.25) is 0 Å². The molecule has 0 radical (unpaired) electrons.